The SMILES string of the molecule is CC(=O)CN1CCCC/C1=N/C#N. The molecule has 13 heavy (non-hydrogen) atoms. The third-order valence-electron chi connectivity index (χ3n) is 2.04. The number of ketones is 1. The topological polar surface area (TPSA) is 56.5 Å². The fourth-order valence-electron chi connectivity index (χ4n) is 1.50. The Morgan fingerprint density at radius 2 is 2.46 bits per heavy atom. The molecule has 0 aromatic carbocycles. The number of likely N-dealkylation sites (tertiary alicyclic amines) is 1. The van der Waals surface area contributed by atoms with Crippen molar-refractivity contribution in [3.63, 3.8) is 0 Å². The number of aliphatic imine (C=N–C) groups is 1. The van der Waals surface area contributed by atoms with Crippen LogP contribution in [0.15, 0.2) is 4.99 Å². The molecule has 1 heterocycles. The largest absolute Gasteiger partial charge is 0.352 e. The number of nitrogens with zero attached hydrogens (tertiary/aromatic N) is 3. The number of carbonyl (C=O) groups excluding carboxylic acids is 1. The number of hydrogen-bond donors (Lipinski definition) is 0. The highest BCUT2D eigenvalue weighted by molar-refractivity contribution is 5.88. The Kier molecular flexibility index (Phi) is 3.44. The van der Waals surface area contributed by atoms with Crippen LogP contribution in [0, 0.1) is 11.5 Å². The zero-order valence-electron chi connectivity index (χ0n) is 7.79. The van der Waals surface area contributed by atoms with Gasteiger partial charge in [0, 0.05) is 13.0 Å². The lowest BCUT2D eigenvalue weighted by molar-refractivity contribution is -0.117. The summed E-state index contributed by atoms with van der Waals surface area (Å²) in [7, 11) is 0. The molecule has 0 bridgehead atoms. The molecule has 70 valence electrons. The van der Waals surface area contributed by atoms with E-state index in [9.17, 15) is 4.79 Å². The Morgan fingerprint density at radius 3 is 3.08 bits per heavy atom. The van der Waals surface area contributed by atoms with Crippen LogP contribution in [0.25, 0.3) is 0 Å². The molecule has 0 aromatic rings. The van der Waals surface area contributed by atoms with Crippen LogP contribution in [0.3, 0.4) is 0 Å². The van der Waals surface area contributed by atoms with Gasteiger partial charge in [0.15, 0.2) is 0 Å². The highest BCUT2D eigenvalue weighted by Crippen LogP contribution is 2.11. The van der Waals surface area contributed by atoms with Crippen LogP contribution < -0.4 is 0 Å². The van der Waals surface area contributed by atoms with Gasteiger partial charge < -0.3 is 4.90 Å². The molecule has 1 aliphatic heterocycles. The molecule has 0 atom stereocenters. The number of carbonyl (C=O) groups is 1. The van der Waals surface area contributed by atoms with Gasteiger partial charge in [0.2, 0.25) is 6.19 Å². The van der Waals surface area contributed by atoms with Crippen LogP contribution in [0.1, 0.15) is 26.2 Å². The summed E-state index contributed by atoms with van der Waals surface area (Å²) in [5.74, 6) is 0.886. The van der Waals surface area contributed by atoms with Crippen LogP contribution in [0.4, 0.5) is 0 Å². The summed E-state index contributed by atoms with van der Waals surface area (Å²) in [6.07, 6.45) is 4.74. The molecule has 1 rings (SSSR count). The summed E-state index contributed by atoms with van der Waals surface area (Å²) in [6, 6.07) is 0. The average Bonchev–Trinajstić information content (AvgIpc) is 2.08. The predicted molar refractivity (Wildman–Crippen MR) is 49.2 cm³/mol. The summed E-state index contributed by atoms with van der Waals surface area (Å²) in [4.78, 5) is 16.5. The molecule has 1 saturated heterocycles. The van der Waals surface area contributed by atoms with Crippen molar-refractivity contribution >= 4 is 11.6 Å². The van der Waals surface area contributed by atoms with Crippen molar-refractivity contribution in [2.45, 2.75) is 26.2 Å². The van der Waals surface area contributed by atoms with Gasteiger partial charge in [-0.15, -0.1) is 0 Å². The molecule has 0 radical (unpaired) electrons. The minimum absolute atomic E-state index is 0.118. The van der Waals surface area contributed by atoms with Crippen molar-refractivity contribution in [1.29, 1.82) is 5.26 Å². The van der Waals surface area contributed by atoms with Crippen molar-refractivity contribution in [3.8, 4) is 6.19 Å². The third-order valence-corrected chi connectivity index (χ3v) is 2.04. The van der Waals surface area contributed by atoms with E-state index in [1.165, 1.54) is 0 Å². The minimum atomic E-state index is 0.118. The van der Waals surface area contributed by atoms with Gasteiger partial charge in [-0.1, -0.05) is 0 Å². The first-order chi connectivity index (χ1) is 6.24. The number of piperidine rings is 1. The maximum absolute atomic E-state index is 10.9. The summed E-state index contributed by atoms with van der Waals surface area (Å²) in [6.45, 7) is 2.79. The monoisotopic (exact) mass is 179 g/mol. The van der Waals surface area contributed by atoms with Crippen molar-refractivity contribution in [1.82, 2.24) is 4.90 Å². The molecule has 0 unspecified atom stereocenters. The molecule has 0 aliphatic carbocycles. The van der Waals surface area contributed by atoms with E-state index in [0.29, 0.717) is 6.54 Å². The maximum atomic E-state index is 10.9. The predicted octanol–water partition coefficient (Wildman–Crippen LogP) is 0.941. The van der Waals surface area contributed by atoms with E-state index in [1.54, 1.807) is 13.1 Å². The van der Waals surface area contributed by atoms with Gasteiger partial charge in [0.1, 0.15) is 11.6 Å². The van der Waals surface area contributed by atoms with Crippen LogP contribution >= 0.6 is 0 Å². The molecule has 4 nitrogen and oxygen atoms in total. The van der Waals surface area contributed by atoms with Crippen LogP contribution in [0.2, 0.25) is 0 Å². The van der Waals surface area contributed by atoms with E-state index in [-0.39, 0.29) is 5.78 Å². The highest BCUT2D eigenvalue weighted by Gasteiger charge is 2.17. The van der Waals surface area contributed by atoms with E-state index < -0.39 is 0 Å². The van der Waals surface area contributed by atoms with Gasteiger partial charge in [0.25, 0.3) is 0 Å². The zero-order valence-corrected chi connectivity index (χ0v) is 7.79. The molecule has 4 heteroatoms. The first-order valence-corrected chi connectivity index (χ1v) is 4.44. The zero-order chi connectivity index (χ0) is 9.68. The first kappa shape index (κ1) is 9.72. The molecule has 1 fully saturated rings. The quantitative estimate of drug-likeness (QED) is 0.593. The Hall–Kier alpha value is -1.37. The van der Waals surface area contributed by atoms with Gasteiger partial charge >= 0.3 is 0 Å². The number of Topliss-reactive ketones (excluding diaryl/α,β-unsaturated/α-hetero) is 1. The van der Waals surface area contributed by atoms with Crippen molar-refractivity contribution in [2.75, 3.05) is 13.1 Å². The molecule has 1 aliphatic rings. The number of hydrogen-bond acceptors (Lipinski definition) is 3. The van der Waals surface area contributed by atoms with Gasteiger partial charge in [-0.3, -0.25) is 4.79 Å². The van der Waals surface area contributed by atoms with Crippen molar-refractivity contribution in [3.05, 3.63) is 0 Å². The minimum Gasteiger partial charge on any atom is -0.352 e. The number of rotatable bonds is 2. The molecule has 0 saturated carbocycles. The Labute approximate surface area is 77.9 Å². The van der Waals surface area contributed by atoms with E-state index >= 15 is 0 Å². The van der Waals surface area contributed by atoms with E-state index in [0.717, 1.165) is 31.6 Å². The summed E-state index contributed by atoms with van der Waals surface area (Å²) in [5.41, 5.74) is 0. The second-order valence-corrected chi connectivity index (χ2v) is 3.21. The lowest BCUT2D eigenvalue weighted by atomic mass is 10.1. The summed E-state index contributed by atoms with van der Waals surface area (Å²) >= 11 is 0. The Morgan fingerprint density at radius 1 is 1.69 bits per heavy atom. The van der Waals surface area contributed by atoms with Crippen LogP contribution in [-0.4, -0.2) is 29.6 Å². The normalized spacial score (nSPS) is 20.0. The number of nitriles is 1. The van der Waals surface area contributed by atoms with Gasteiger partial charge in [0.05, 0.1) is 6.54 Å². The standard InChI is InChI=1S/C9H13N3O/c1-8(13)6-12-5-3-2-4-9(12)11-7-10/h2-6H2,1H3/b11-9-. The molecule has 0 N–H and O–H groups in total. The molecule has 0 amide bonds. The van der Waals surface area contributed by atoms with Gasteiger partial charge in [-0.05, 0) is 19.8 Å². The molecule has 0 spiro atoms. The third kappa shape index (κ3) is 2.86. The van der Waals surface area contributed by atoms with Gasteiger partial charge in [-0.2, -0.15) is 10.3 Å². The Balaban J connectivity index is 2.63. The smallest absolute Gasteiger partial charge is 0.207 e. The van der Waals surface area contributed by atoms with Gasteiger partial charge in [-0.25, -0.2) is 0 Å². The molecular weight excluding hydrogens is 166 g/mol. The fourth-order valence-corrected chi connectivity index (χ4v) is 1.50. The van der Waals surface area contributed by atoms with E-state index in [2.05, 4.69) is 4.99 Å². The van der Waals surface area contributed by atoms with E-state index in [1.807, 2.05) is 4.90 Å². The molecular formula is C9H13N3O. The maximum Gasteiger partial charge on any atom is 0.207 e. The summed E-state index contributed by atoms with van der Waals surface area (Å²) in [5, 5.41) is 8.42. The fraction of sp³-hybridized carbons (Fsp3) is 0.667. The van der Waals surface area contributed by atoms with E-state index in [4.69, 9.17) is 5.26 Å². The summed E-state index contributed by atoms with van der Waals surface area (Å²) < 4.78 is 0. The molecule has 0 aromatic heterocycles. The number of amidine groups is 1. The Bertz CT molecular complexity index is 265. The van der Waals surface area contributed by atoms with Crippen molar-refractivity contribution < 1.29 is 4.79 Å². The van der Waals surface area contributed by atoms with Crippen LogP contribution in [0.5, 0.6) is 0 Å². The average molecular weight is 179 g/mol. The lowest BCUT2D eigenvalue weighted by Crippen LogP contribution is -2.38. The highest BCUT2D eigenvalue weighted by atomic mass is 16.1. The second-order valence-electron chi connectivity index (χ2n) is 3.21. The van der Waals surface area contributed by atoms with Crippen LogP contribution in [-0.2, 0) is 4.79 Å². The second kappa shape index (κ2) is 4.61. The van der Waals surface area contributed by atoms with Crippen molar-refractivity contribution in [2.24, 2.45) is 4.99 Å². The lowest BCUT2D eigenvalue weighted by Gasteiger charge is -2.28. The first-order valence-electron chi connectivity index (χ1n) is 4.44.